The van der Waals surface area contributed by atoms with Crippen LogP contribution in [0, 0.1) is 6.92 Å². The number of rotatable bonds is 2. The van der Waals surface area contributed by atoms with Gasteiger partial charge >= 0.3 is 5.76 Å². The second kappa shape index (κ2) is 5.38. The number of oxazole rings is 1. The van der Waals surface area contributed by atoms with E-state index < -0.39 is 5.76 Å². The molecular formula is C17H11BrN2O4. The van der Waals surface area contributed by atoms with Gasteiger partial charge in [0.15, 0.2) is 11.3 Å². The molecule has 7 heteroatoms. The maximum absolute atomic E-state index is 12.5. The Balaban J connectivity index is 1.70. The number of H-pyrrole nitrogens is 1. The Bertz CT molecular complexity index is 1150. The van der Waals surface area contributed by atoms with Crippen LogP contribution in [0.25, 0.3) is 22.1 Å². The molecule has 2 N–H and O–H groups in total. The van der Waals surface area contributed by atoms with Crippen LogP contribution >= 0.6 is 15.9 Å². The van der Waals surface area contributed by atoms with Gasteiger partial charge in [-0.1, -0.05) is 15.9 Å². The van der Waals surface area contributed by atoms with Gasteiger partial charge in [0.2, 0.25) is 0 Å². The van der Waals surface area contributed by atoms with E-state index in [1.54, 1.807) is 18.2 Å². The van der Waals surface area contributed by atoms with E-state index >= 15 is 0 Å². The SMILES string of the molecule is Cc1c(C(=O)Nc2ccc3oc(=O)[nH]c3c2)oc2ccc(Br)cc12. The number of hydrogen-bond donors (Lipinski definition) is 2. The zero-order valence-electron chi connectivity index (χ0n) is 12.5. The highest BCUT2D eigenvalue weighted by molar-refractivity contribution is 9.10. The zero-order valence-corrected chi connectivity index (χ0v) is 14.1. The van der Waals surface area contributed by atoms with E-state index in [-0.39, 0.29) is 11.7 Å². The van der Waals surface area contributed by atoms with Gasteiger partial charge in [-0.05, 0) is 43.3 Å². The number of aryl methyl sites for hydroxylation is 1. The van der Waals surface area contributed by atoms with Crippen LogP contribution in [0.1, 0.15) is 16.1 Å². The van der Waals surface area contributed by atoms with Crippen molar-refractivity contribution in [2.24, 2.45) is 0 Å². The first-order valence-electron chi connectivity index (χ1n) is 7.14. The molecule has 0 aliphatic carbocycles. The molecule has 2 aromatic heterocycles. The second-order valence-electron chi connectivity index (χ2n) is 5.38. The van der Waals surface area contributed by atoms with Gasteiger partial charge in [0, 0.05) is 21.1 Å². The lowest BCUT2D eigenvalue weighted by Crippen LogP contribution is -2.12. The Hall–Kier alpha value is -2.80. The Morgan fingerprint density at radius 1 is 1.12 bits per heavy atom. The topological polar surface area (TPSA) is 88.2 Å². The van der Waals surface area contributed by atoms with Crippen LogP contribution in [0.4, 0.5) is 5.69 Å². The maximum Gasteiger partial charge on any atom is 0.417 e. The van der Waals surface area contributed by atoms with Crippen molar-refractivity contribution >= 4 is 49.6 Å². The third-order valence-electron chi connectivity index (χ3n) is 3.78. The first kappa shape index (κ1) is 14.8. The van der Waals surface area contributed by atoms with Crippen molar-refractivity contribution in [3.05, 3.63) is 62.7 Å². The smallest absolute Gasteiger partial charge is 0.417 e. The molecule has 2 aromatic carbocycles. The van der Waals surface area contributed by atoms with Gasteiger partial charge < -0.3 is 14.2 Å². The van der Waals surface area contributed by atoms with Crippen LogP contribution in [0.3, 0.4) is 0 Å². The third-order valence-corrected chi connectivity index (χ3v) is 4.27. The molecule has 6 nitrogen and oxygen atoms in total. The van der Waals surface area contributed by atoms with Crippen molar-refractivity contribution < 1.29 is 13.6 Å². The van der Waals surface area contributed by atoms with Crippen molar-refractivity contribution in [2.75, 3.05) is 5.32 Å². The monoisotopic (exact) mass is 386 g/mol. The normalized spacial score (nSPS) is 11.2. The lowest BCUT2D eigenvalue weighted by molar-refractivity contribution is 0.0998. The predicted molar refractivity (Wildman–Crippen MR) is 93.4 cm³/mol. The van der Waals surface area contributed by atoms with Crippen LogP contribution < -0.4 is 11.1 Å². The zero-order chi connectivity index (χ0) is 16.8. The molecule has 0 aliphatic heterocycles. The van der Waals surface area contributed by atoms with Crippen LogP contribution in [0.5, 0.6) is 0 Å². The summed E-state index contributed by atoms with van der Waals surface area (Å²) in [7, 11) is 0. The molecule has 0 spiro atoms. The molecule has 0 radical (unpaired) electrons. The second-order valence-corrected chi connectivity index (χ2v) is 6.29. The molecule has 0 saturated heterocycles. The average molecular weight is 387 g/mol. The van der Waals surface area contributed by atoms with E-state index in [1.165, 1.54) is 0 Å². The van der Waals surface area contributed by atoms with Crippen molar-refractivity contribution in [3.63, 3.8) is 0 Å². The van der Waals surface area contributed by atoms with Crippen LogP contribution in [-0.4, -0.2) is 10.9 Å². The number of hydrogen-bond acceptors (Lipinski definition) is 4. The molecule has 0 aliphatic rings. The largest absolute Gasteiger partial charge is 0.451 e. The fraction of sp³-hybridized carbons (Fsp3) is 0.0588. The van der Waals surface area contributed by atoms with Crippen molar-refractivity contribution in [1.82, 2.24) is 4.98 Å². The Morgan fingerprint density at radius 2 is 1.92 bits per heavy atom. The number of aromatic nitrogens is 1. The first-order chi connectivity index (χ1) is 11.5. The number of carbonyl (C=O) groups is 1. The van der Waals surface area contributed by atoms with Crippen LogP contribution in [-0.2, 0) is 0 Å². The maximum atomic E-state index is 12.5. The molecule has 120 valence electrons. The molecular weight excluding hydrogens is 376 g/mol. The quantitative estimate of drug-likeness (QED) is 0.540. The van der Waals surface area contributed by atoms with E-state index in [0.29, 0.717) is 22.4 Å². The number of benzene rings is 2. The van der Waals surface area contributed by atoms with E-state index in [4.69, 9.17) is 8.83 Å². The van der Waals surface area contributed by atoms with Gasteiger partial charge in [0.25, 0.3) is 5.91 Å². The number of halogens is 1. The molecule has 4 aromatic rings. The third kappa shape index (κ3) is 2.43. The molecule has 0 unspecified atom stereocenters. The van der Waals surface area contributed by atoms with E-state index in [0.717, 1.165) is 15.4 Å². The lowest BCUT2D eigenvalue weighted by atomic mass is 10.1. The number of furan rings is 1. The average Bonchev–Trinajstić information content (AvgIpc) is 3.06. The van der Waals surface area contributed by atoms with Gasteiger partial charge in [-0.15, -0.1) is 0 Å². The molecule has 24 heavy (non-hydrogen) atoms. The number of nitrogens with one attached hydrogen (secondary N) is 2. The summed E-state index contributed by atoms with van der Waals surface area (Å²) < 4.78 is 11.5. The fourth-order valence-corrected chi connectivity index (χ4v) is 2.99. The van der Waals surface area contributed by atoms with Gasteiger partial charge in [-0.3, -0.25) is 9.78 Å². The van der Waals surface area contributed by atoms with E-state index in [9.17, 15) is 9.59 Å². The van der Waals surface area contributed by atoms with Crippen molar-refractivity contribution in [3.8, 4) is 0 Å². The summed E-state index contributed by atoms with van der Waals surface area (Å²) >= 11 is 3.41. The highest BCUT2D eigenvalue weighted by Crippen LogP contribution is 2.28. The Morgan fingerprint density at radius 3 is 2.75 bits per heavy atom. The number of amides is 1. The molecule has 0 fully saturated rings. The number of aromatic amines is 1. The summed E-state index contributed by atoms with van der Waals surface area (Å²) in [5, 5.41) is 3.65. The highest BCUT2D eigenvalue weighted by atomic mass is 79.9. The van der Waals surface area contributed by atoms with Gasteiger partial charge in [0.05, 0.1) is 5.52 Å². The van der Waals surface area contributed by atoms with E-state index in [2.05, 4.69) is 26.2 Å². The summed E-state index contributed by atoms with van der Waals surface area (Å²) in [6, 6.07) is 10.5. The van der Waals surface area contributed by atoms with Crippen LogP contribution in [0.15, 0.2) is 54.5 Å². The molecule has 0 bridgehead atoms. The summed E-state index contributed by atoms with van der Waals surface area (Å²) in [5.74, 6) is -0.638. The van der Waals surface area contributed by atoms with Crippen molar-refractivity contribution in [2.45, 2.75) is 6.92 Å². The summed E-state index contributed by atoms with van der Waals surface area (Å²) in [6.07, 6.45) is 0. The van der Waals surface area contributed by atoms with E-state index in [1.807, 2.05) is 25.1 Å². The highest BCUT2D eigenvalue weighted by Gasteiger charge is 2.18. The van der Waals surface area contributed by atoms with Gasteiger partial charge in [-0.25, -0.2) is 4.79 Å². The van der Waals surface area contributed by atoms with Crippen molar-refractivity contribution in [1.29, 1.82) is 0 Å². The predicted octanol–water partition coefficient (Wildman–Crippen LogP) is 4.19. The molecule has 0 saturated carbocycles. The molecule has 1 amide bonds. The summed E-state index contributed by atoms with van der Waals surface area (Å²) in [6.45, 7) is 1.84. The lowest BCUT2D eigenvalue weighted by Gasteiger charge is -2.03. The van der Waals surface area contributed by atoms with Gasteiger partial charge in [0.1, 0.15) is 5.58 Å². The number of carbonyl (C=O) groups excluding carboxylic acids is 1. The minimum Gasteiger partial charge on any atom is -0.451 e. The number of anilines is 1. The molecule has 0 atom stereocenters. The Labute approximate surface area is 143 Å². The first-order valence-corrected chi connectivity index (χ1v) is 7.93. The minimum absolute atomic E-state index is 0.254. The summed E-state index contributed by atoms with van der Waals surface area (Å²) in [5.41, 5.74) is 2.90. The van der Waals surface area contributed by atoms with Gasteiger partial charge in [-0.2, -0.15) is 0 Å². The fourth-order valence-electron chi connectivity index (χ4n) is 2.63. The summed E-state index contributed by atoms with van der Waals surface area (Å²) in [4.78, 5) is 26.3. The molecule has 4 rings (SSSR count). The molecule has 2 heterocycles. The number of fused-ring (bicyclic) bond motifs is 2. The Kier molecular flexibility index (Phi) is 3.31. The van der Waals surface area contributed by atoms with Crippen LogP contribution in [0.2, 0.25) is 0 Å². The standard InChI is InChI=1S/C17H11BrN2O4/c1-8-11-6-9(18)2-4-13(11)23-15(8)16(21)19-10-3-5-14-12(7-10)20-17(22)24-14/h2-7H,1H3,(H,19,21)(H,20,22). The minimum atomic E-state index is -0.535.